The van der Waals surface area contributed by atoms with E-state index in [0.717, 1.165) is 16.5 Å². The van der Waals surface area contributed by atoms with Gasteiger partial charge in [0.1, 0.15) is 11.5 Å². The number of phenolic OH excluding ortho intramolecular Hbond substituents is 1. The topological polar surface area (TPSA) is 29.5 Å². The van der Waals surface area contributed by atoms with Gasteiger partial charge in [0.2, 0.25) is 8.32 Å². The number of hydrogen-bond acceptors (Lipinski definition) is 2. The smallest absolute Gasteiger partial charge is 0.250 e. The second kappa shape index (κ2) is 4.56. The van der Waals surface area contributed by atoms with Gasteiger partial charge in [-0.25, -0.2) is 0 Å². The van der Waals surface area contributed by atoms with E-state index < -0.39 is 8.32 Å². The molecule has 0 atom stereocenters. The molecule has 19 heavy (non-hydrogen) atoms. The van der Waals surface area contributed by atoms with Crippen LogP contribution in [0.25, 0.3) is 10.8 Å². The summed E-state index contributed by atoms with van der Waals surface area (Å²) >= 11 is 0. The number of fused-ring (bicyclic) bond motifs is 1. The molecule has 0 fully saturated rings. The van der Waals surface area contributed by atoms with Gasteiger partial charge in [-0.05, 0) is 47.8 Å². The van der Waals surface area contributed by atoms with Crippen molar-refractivity contribution in [3.05, 3.63) is 36.4 Å². The molecule has 0 amide bonds. The van der Waals surface area contributed by atoms with Crippen molar-refractivity contribution in [1.29, 1.82) is 0 Å². The third-order valence-electron chi connectivity index (χ3n) is 4.01. The van der Waals surface area contributed by atoms with E-state index >= 15 is 0 Å². The molecule has 0 aromatic heterocycles. The maximum Gasteiger partial charge on any atom is 0.250 e. The largest absolute Gasteiger partial charge is 0.543 e. The van der Waals surface area contributed by atoms with Gasteiger partial charge in [0, 0.05) is 5.39 Å². The van der Waals surface area contributed by atoms with Gasteiger partial charge in [-0.15, -0.1) is 0 Å². The summed E-state index contributed by atoms with van der Waals surface area (Å²) in [5.41, 5.74) is 0. The van der Waals surface area contributed by atoms with Gasteiger partial charge >= 0.3 is 0 Å². The van der Waals surface area contributed by atoms with Crippen LogP contribution < -0.4 is 4.43 Å². The fourth-order valence-electron chi connectivity index (χ4n) is 1.76. The molecule has 1 N–H and O–H groups in total. The van der Waals surface area contributed by atoms with Gasteiger partial charge in [-0.1, -0.05) is 32.9 Å². The minimum absolute atomic E-state index is 0.181. The Bertz CT molecular complexity index is 597. The maximum atomic E-state index is 9.79. The average molecular weight is 274 g/mol. The summed E-state index contributed by atoms with van der Waals surface area (Å²) in [4.78, 5) is 0. The Kier molecular flexibility index (Phi) is 3.35. The third kappa shape index (κ3) is 2.76. The highest BCUT2D eigenvalue weighted by Crippen LogP contribution is 2.38. The highest BCUT2D eigenvalue weighted by Gasteiger charge is 2.38. The minimum atomic E-state index is -1.81. The number of hydrogen-bond donors (Lipinski definition) is 1. The predicted octanol–water partition coefficient (Wildman–Crippen LogP) is 4.93. The van der Waals surface area contributed by atoms with E-state index in [2.05, 4.69) is 33.9 Å². The molecule has 0 heterocycles. The number of rotatable bonds is 2. The Morgan fingerprint density at radius 2 is 1.74 bits per heavy atom. The van der Waals surface area contributed by atoms with Crippen LogP contribution in [-0.4, -0.2) is 13.4 Å². The Balaban J connectivity index is 2.38. The summed E-state index contributed by atoms with van der Waals surface area (Å²) in [7, 11) is -1.81. The van der Waals surface area contributed by atoms with Gasteiger partial charge in [-0.2, -0.15) is 0 Å². The van der Waals surface area contributed by atoms with E-state index in [1.165, 1.54) is 0 Å². The summed E-state index contributed by atoms with van der Waals surface area (Å²) in [6.07, 6.45) is 0. The lowest BCUT2D eigenvalue weighted by molar-refractivity contribution is 0.481. The van der Waals surface area contributed by atoms with E-state index in [9.17, 15) is 5.11 Å². The SMILES string of the molecule is CC(C)(C)[Si](C)(C)Oc1ccc2c(O)cccc2c1. The zero-order valence-corrected chi connectivity index (χ0v) is 13.3. The zero-order chi connectivity index (χ0) is 14.3. The van der Waals surface area contributed by atoms with Crippen molar-refractivity contribution in [2.24, 2.45) is 0 Å². The number of aromatic hydroxyl groups is 1. The van der Waals surface area contributed by atoms with Gasteiger partial charge in [-0.3, -0.25) is 0 Å². The van der Waals surface area contributed by atoms with Crippen molar-refractivity contribution in [3.8, 4) is 11.5 Å². The average Bonchev–Trinajstić information content (AvgIpc) is 2.27. The van der Waals surface area contributed by atoms with Crippen LogP contribution in [0.2, 0.25) is 18.1 Å². The van der Waals surface area contributed by atoms with Crippen LogP contribution >= 0.6 is 0 Å². The first-order valence-electron chi connectivity index (χ1n) is 6.61. The van der Waals surface area contributed by atoms with Crippen molar-refractivity contribution in [2.45, 2.75) is 38.9 Å². The first kappa shape index (κ1) is 13.9. The molecule has 0 aliphatic carbocycles. The molecule has 2 aromatic carbocycles. The predicted molar refractivity (Wildman–Crippen MR) is 83.4 cm³/mol. The first-order chi connectivity index (χ1) is 8.71. The molecule has 0 saturated heterocycles. The zero-order valence-electron chi connectivity index (χ0n) is 12.3. The van der Waals surface area contributed by atoms with Gasteiger partial charge in [0.05, 0.1) is 0 Å². The molecule has 2 rings (SSSR count). The summed E-state index contributed by atoms with van der Waals surface area (Å²) in [6, 6.07) is 11.4. The lowest BCUT2D eigenvalue weighted by atomic mass is 10.1. The summed E-state index contributed by atoms with van der Waals surface area (Å²) in [5.74, 6) is 1.21. The molecule has 0 spiro atoms. The first-order valence-corrected chi connectivity index (χ1v) is 9.52. The Morgan fingerprint density at radius 3 is 2.37 bits per heavy atom. The van der Waals surface area contributed by atoms with E-state index in [1.54, 1.807) is 6.07 Å². The molecular weight excluding hydrogens is 252 g/mol. The highest BCUT2D eigenvalue weighted by molar-refractivity contribution is 6.74. The standard InChI is InChI=1S/C16H22O2Si/c1-16(2,3)19(4,5)18-13-9-10-14-12(11-13)7-6-8-15(14)17/h6-11,17H,1-5H3. The molecule has 102 valence electrons. The van der Waals surface area contributed by atoms with Crippen LogP contribution in [0.3, 0.4) is 0 Å². The van der Waals surface area contributed by atoms with Gasteiger partial charge < -0.3 is 9.53 Å². The van der Waals surface area contributed by atoms with Crippen molar-refractivity contribution in [3.63, 3.8) is 0 Å². The molecule has 2 nitrogen and oxygen atoms in total. The second-order valence-corrected chi connectivity index (χ2v) is 11.2. The normalized spacial score (nSPS) is 12.7. The van der Waals surface area contributed by atoms with Crippen LogP contribution in [0.1, 0.15) is 20.8 Å². The van der Waals surface area contributed by atoms with E-state index in [-0.39, 0.29) is 5.04 Å². The Morgan fingerprint density at radius 1 is 1.05 bits per heavy atom. The number of phenols is 1. The summed E-state index contributed by atoms with van der Waals surface area (Å²) in [5, 5.41) is 11.8. The summed E-state index contributed by atoms with van der Waals surface area (Å²) < 4.78 is 6.27. The highest BCUT2D eigenvalue weighted by atomic mass is 28.4. The van der Waals surface area contributed by atoms with E-state index in [4.69, 9.17) is 4.43 Å². The molecular formula is C16H22O2Si. The molecule has 0 saturated carbocycles. The number of benzene rings is 2. The molecule has 0 unspecified atom stereocenters. The van der Waals surface area contributed by atoms with Gasteiger partial charge in [0.25, 0.3) is 0 Å². The molecule has 0 aliphatic heterocycles. The Labute approximate surface area is 116 Å². The Hall–Kier alpha value is -1.48. The molecule has 0 bridgehead atoms. The van der Waals surface area contributed by atoms with Crippen molar-refractivity contribution in [2.75, 3.05) is 0 Å². The summed E-state index contributed by atoms with van der Waals surface area (Å²) in [6.45, 7) is 11.2. The molecule has 0 aliphatic rings. The second-order valence-electron chi connectivity index (χ2n) is 6.52. The van der Waals surface area contributed by atoms with Crippen LogP contribution in [-0.2, 0) is 0 Å². The third-order valence-corrected chi connectivity index (χ3v) is 8.37. The van der Waals surface area contributed by atoms with Crippen LogP contribution in [0.4, 0.5) is 0 Å². The molecule has 3 heteroatoms. The van der Waals surface area contributed by atoms with Crippen LogP contribution in [0.15, 0.2) is 36.4 Å². The molecule has 2 aromatic rings. The van der Waals surface area contributed by atoms with Crippen LogP contribution in [0, 0.1) is 0 Å². The maximum absolute atomic E-state index is 9.79. The van der Waals surface area contributed by atoms with E-state index in [1.807, 2.05) is 30.3 Å². The fraction of sp³-hybridized carbons (Fsp3) is 0.375. The quantitative estimate of drug-likeness (QED) is 0.787. The lowest BCUT2D eigenvalue weighted by Gasteiger charge is -2.36. The molecule has 0 radical (unpaired) electrons. The monoisotopic (exact) mass is 274 g/mol. The van der Waals surface area contributed by atoms with Crippen molar-refractivity contribution in [1.82, 2.24) is 0 Å². The van der Waals surface area contributed by atoms with E-state index in [0.29, 0.717) is 5.75 Å². The fourth-order valence-corrected chi connectivity index (χ4v) is 2.78. The van der Waals surface area contributed by atoms with Crippen molar-refractivity contribution >= 4 is 19.1 Å². The lowest BCUT2D eigenvalue weighted by Crippen LogP contribution is -2.43. The van der Waals surface area contributed by atoms with Crippen molar-refractivity contribution < 1.29 is 9.53 Å². The van der Waals surface area contributed by atoms with Gasteiger partial charge in [0.15, 0.2) is 0 Å². The minimum Gasteiger partial charge on any atom is -0.543 e. The van der Waals surface area contributed by atoms with Crippen LogP contribution in [0.5, 0.6) is 11.5 Å².